The average Bonchev–Trinajstić information content (AvgIpc) is 3.77. The van der Waals surface area contributed by atoms with Crippen LogP contribution in [0.5, 0.6) is 0 Å². The van der Waals surface area contributed by atoms with Crippen LogP contribution in [0.3, 0.4) is 0 Å². The van der Waals surface area contributed by atoms with Gasteiger partial charge >= 0.3 is 0 Å². The molecule has 1 aliphatic carbocycles. The first-order valence-electron chi connectivity index (χ1n) is 14.5. The van der Waals surface area contributed by atoms with Gasteiger partial charge in [0.25, 0.3) is 11.8 Å². The van der Waals surface area contributed by atoms with E-state index in [0.717, 1.165) is 10.4 Å². The van der Waals surface area contributed by atoms with Crippen molar-refractivity contribution in [3.05, 3.63) is 117 Å². The molecule has 2 heterocycles. The van der Waals surface area contributed by atoms with Gasteiger partial charge in [-0.05, 0) is 48.2 Å². The largest absolute Gasteiger partial charge is 0.384 e. The molecule has 3 amide bonds. The van der Waals surface area contributed by atoms with E-state index in [1.54, 1.807) is 29.6 Å². The van der Waals surface area contributed by atoms with Gasteiger partial charge in [0, 0.05) is 45.0 Å². The van der Waals surface area contributed by atoms with E-state index in [9.17, 15) is 23.2 Å². The Morgan fingerprint density at radius 2 is 1.71 bits per heavy atom. The zero-order chi connectivity index (χ0) is 31.9. The molecule has 8 nitrogen and oxygen atoms in total. The van der Waals surface area contributed by atoms with E-state index in [-0.39, 0.29) is 52.5 Å². The van der Waals surface area contributed by atoms with Crippen molar-refractivity contribution in [2.24, 2.45) is 5.73 Å². The Morgan fingerprint density at radius 1 is 1.00 bits per heavy atom. The van der Waals surface area contributed by atoms with Crippen molar-refractivity contribution in [3.8, 4) is 11.1 Å². The second kappa shape index (κ2) is 11.9. The minimum Gasteiger partial charge on any atom is -0.384 e. The number of benzene rings is 3. The molecule has 0 bridgehead atoms. The van der Waals surface area contributed by atoms with Crippen LogP contribution in [0.25, 0.3) is 11.1 Å². The summed E-state index contributed by atoms with van der Waals surface area (Å²) < 4.78 is 29.9. The summed E-state index contributed by atoms with van der Waals surface area (Å²) in [5.41, 5.74) is 7.71. The molecule has 0 radical (unpaired) electrons. The van der Waals surface area contributed by atoms with Crippen molar-refractivity contribution in [3.63, 3.8) is 0 Å². The number of carbonyl (C=O) groups excluding carboxylic acids is 3. The van der Waals surface area contributed by atoms with Gasteiger partial charge in [-0.3, -0.25) is 19.8 Å². The first-order valence-corrected chi connectivity index (χ1v) is 15.4. The third-order valence-corrected chi connectivity index (χ3v) is 9.60. The van der Waals surface area contributed by atoms with Gasteiger partial charge in [0.2, 0.25) is 11.8 Å². The molecule has 1 aliphatic heterocycles. The van der Waals surface area contributed by atoms with E-state index in [0.29, 0.717) is 24.1 Å². The van der Waals surface area contributed by atoms with Crippen molar-refractivity contribution >= 4 is 34.9 Å². The molecule has 3 aromatic carbocycles. The Morgan fingerprint density at radius 3 is 2.44 bits per heavy atom. The summed E-state index contributed by atoms with van der Waals surface area (Å²) in [7, 11) is 0. The predicted molar refractivity (Wildman–Crippen MR) is 168 cm³/mol. The van der Waals surface area contributed by atoms with Gasteiger partial charge in [-0.2, -0.15) is 8.78 Å². The zero-order valence-corrected chi connectivity index (χ0v) is 25.2. The topological polar surface area (TPSA) is 128 Å². The fourth-order valence-electron chi connectivity index (χ4n) is 6.11. The van der Waals surface area contributed by atoms with Crippen LogP contribution in [0.15, 0.2) is 84.2 Å². The summed E-state index contributed by atoms with van der Waals surface area (Å²) in [6.45, 7) is 1.76. The number of fused-ring (bicyclic) bond motifs is 3. The van der Waals surface area contributed by atoms with Gasteiger partial charge < -0.3 is 21.3 Å². The lowest BCUT2D eigenvalue weighted by Gasteiger charge is -2.25. The summed E-state index contributed by atoms with van der Waals surface area (Å²) in [6.07, 6.45) is 0.407. The lowest BCUT2D eigenvalue weighted by molar-refractivity contribution is -0.137. The minimum atomic E-state index is -3.16. The van der Waals surface area contributed by atoms with Gasteiger partial charge in [0.1, 0.15) is 11.9 Å². The van der Waals surface area contributed by atoms with E-state index < -0.39 is 23.8 Å². The lowest BCUT2D eigenvalue weighted by Crippen LogP contribution is -2.49. The predicted octanol–water partition coefficient (Wildman–Crippen LogP) is 5.14. The van der Waals surface area contributed by atoms with Crippen LogP contribution in [0.4, 0.5) is 8.78 Å². The summed E-state index contributed by atoms with van der Waals surface area (Å²) in [4.78, 5) is 42.5. The highest BCUT2D eigenvalue weighted by Crippen LogP contribution is 2.51. The number of carbonyl (C=O) groups is 3. The Bertz CT molecular complexity index is 1810. The van der Waals surface area contributed by atoms with E-state index in [1.807, 2.05) is 37.3 Å². The van der Waals surface area contributed by atoms with E-state index in [4.69, 9.17) is 11.1 Å². The quantitative estimate of drug-likeness (QED) is 0.159. The van der Waals surface area contributed by atoms with Crippen molar-refractivity contribution in [2.75, 3.05) is 13.1 Å². The minimum absolute atomic E-state index is 0.0565. The molecule has 6 rings (SSSR count). The van der Waals surface area contributed by atoms with Crippen molar-refractivity contribution in [2.45, 2.75) is 37.3 Å². The van der Waals surface area contributed by atoms with Gasteiger partial charge in [0.05, 0.1) is 12.6 Å². The van der Waals surface area contributed by atoms with Gasteiger partial charge in [-0.25, -0.2) is 0 Å². The highest BCUT2D eigenvalue weighted by Gasteiger charge is 2.44. The Balaban J connectivity index is 1.17. The molecule has 0 saturated carbocycles. The van der Waals surface area contributed by atoms with Crippen LogP contribution < -0.4 is 16.4 Å². The molecule has 1 unspecified atom stereocenters. The van der Waals surface area contributed by atoms with E-state index >= 15 is 0 Å². The number of nitrogens with one attached hydrogen (secondary N) is 3. The summed E-state index contributed by atoms with van der Waals surface area (Å²) in [6, 6.07) is 20.5. The number of alkyl halides is 2. The molecule has 4 aromatic rings. The number of nitrogen functional groups attached to an aromatic ring is 1. The molecular weight excluding hydrogens is 596 g/mol. The molecule has 3 atom stereocenters. The fraction of sp³-hybridized carbons (Fsp3) is 0.235. The molecule has 45 heavy (non-hydrogen) atoms. The first kappa shape index (κ1) is 30.1. The highest BCUT2D eigenvalue weighted by molar-refractivity contribution is 7.10. The number of nitrogens with zero attached hydrogens (tertiary/aromatic N) is 1. The third-order valence-electron chi connectivity index (χ3n) is 8.49. The van der Waals surface area contributed by atoms with E-state index in [1.165, 1.54) is 40.5 Å². The van der Waals surface area contributed by atoms with Gasteiger partial charge in [-0.15, -0.1) is 11.3 Å². The van der Waals surface area contributed by atoms with Crippen molar-refractivity contribution in [1.82, 2.24) is 15.5 Å². The smallest absolute Gasteiger partial charge is 0.299 e. The Hall–Kier alpha value is -4.90. The van der Waals surface area contributed by atoms with Gasteiger partial charge in [-0.1, -0.05) is 60.7 Å². The monoisotopic (exact) mass is 627 g/mol. The fourth-order valence-corrected chi connectivity index (χ4v) is 7.02. The third kappa shape index (κ3) is 5.71. The second-order valence-corrected chi connectivity index (χ2v) is 12.3. The second-order valence-electron chi connectivity index (χ2n) is 11.3. The zero-order valence-electron chi connectivity index (χ0n) is 24.3. The molecule has 11 heteroatoms. The molecule has 0 spiro atoms. The number of halogens is 2. The van der Waals surface area contributed by atoms with E-state index in [2.05, 4.69) is 10.6 Å². The van der Waals surface area contributed by atoms with Crippen LogP contribution in [0.2, 0.25) is 0 Å². The van der Waals surface area contributed by atoms with Gasteiger partial charge in [0.15, 0.2) is 0 Å². The van der Waals surface area contributed by atoms with Crippen molar-refractivity contribution < 1.29 is 23.2 Å². The number of nitrogens with two attached hydrogens (primary N) is 1. The normalized spacial score (nSPS) is 18.5. The summed E-state index contributed by atoms with van der Waals surface area (Å²) in [5.74, 6) is -4.63. The number of thiophene rings is 1. The molecule has 5 N–H and O–H groups in total. The van der Waals surface area contributed by atoms with Crippen LogP contribution in [-0.4, -0.2) is 47.6 Å². The highest BCUT2D eigenvalue weighted by atomic mass is 32.1. The maximum absolute atomic E-state index is 15.0. The molecule has 1 saturated heterocycles. The average molecular weight is 628 g/mol. The Labute approximate surface area is 262 Å². The maximum Gasteiger partial charge on any atom is 0.299 e. The standard InChI is InChI=1S/C34H31F2N5O3S/c1-19(29-15-23(18-45-29)31(37)38)40-33(44)28-14-22(20-7-3-2-4-8-20)17-41(28)30(42)16-39-32(43)21-11-12-27-25(13-21)24-9-5-6-10-26(24)34(27,35)36/h2-13,15,18-19,22,28H,14,16-17H2,1H3,(H3,37,38)(H,39,43)(H,40,44)/t19?,22-,28+/m1/s1. The van der Waals surface area contributed by atoms with Crippen molar-refractivity contribution in [1.29, 1.82) is 5.41 Å². The van der Waals surface area contributed by atoms with Crippen LogP contribution in [0.1, 0.15) is 62.8 Å². The SMILES string of the molecule is CC(NC(=O)[C@@H]1C[C@@H](c2ccccc2)CN1C(=O)CNC(=O)c1ccc2c(c1)-c1ccccc1C2(F)F)c1cc(C(=N)N)cs1. The molecule has 2 aliphatic rings. The number of rotatable bonds is 8. The number of amides is 3. The van der Waals surface area contributed by atoms with Crippen LogP contribution in [0, 0.1) is 5.41 Å². The van der Waals surface area contributed by atoms with Crippen LogP contribution >= 0.6 is 11.3 Å². The first-order chi connectivity index (χ1) is 21.5. The molecule has 1 fully saturated rings. The number of hydrogen-bond donors (Lipinski definition) is 4. The van der Waals surface area contributed by atoms with Crippen LogP contribution in [-0.2, 0) is 15.5 Å². The maximum atomic E-state index is 15.0. The summed E-state index contributed by atoms with van der Waals surface area (Å²) >= 11 is 1.38. The molecular formula is C34H31F2N5O3S. The Kier molecular flexibility index (Phi) is 7.96. The lowest BCUT2D eigenvalue weighted by atomic mass is 9.96. The number of hydrogen-bond acceptors (Lipinski definition) is 5. The molecule has 230 valence electrons. The number of amidine groups is 1. The molecule has 1 aromatic heterocycles. The summed E-state index contributed by atoms with van der Waals surface area (Å²) in [5, 5.41) is 15.0. The number of likely N-dealkylation sites (tertiary alicyclic amines) is 1.